The van der Waals surface area contributed by atoms with E-state index < -0.39 is 5.54 Å². The Balaban J connectivity index is 5.37. The minimum absolute atomic E-state index is 0.0837. The summed E-state index contributed by atoms with van der Waals surface area (Å²) in [5.74, 6) is 1.01. The van der Waals surface area contributed by atoms with Gasteiger partial charge in [-0.3, -0.25) is 4.99 Å². The number of aliphatic hydroxyl groups excluding tert-OH is 1. The van der Waals surface area contributed by atoms with Crippen LogP contribution in [-0.4, -0.2) is 37.7 Å². The van der Waals surface area contributed by atoms with Crippen molar-refractivity contribution in [2.75, 3.05) is 20.8 Å². The molecule has 0 radical (unpaired) electrons. The molecule has 0 aliphatic carbocycles. The molecule has 0 aliphatic rings. The van der Waals surface area contributed by atoms with Crippen LogP contribution in [0.25, 0.3) is 0 Å². The van der Waals surface area contributed by atoms with E-state index in [2.05, 4.69) is 18.2 Å². The molecule has 1 atom stereocenters. The van der Waals surface area contributed by atoms with Gasteiger partial charge in [-0.2, -0.15) is 0 Å². The lowest BCUT2D eigenvalue weighted by molar-refractivity contribution is 0.103. The van der Waals surface area contributed by atoms with Crippen LogP contribution in [0.1, 0.15) is 27.2 Å². The number of aliphatic imine (C=N–C) groups is 1. The third-order valence-electron chi connectivity index (χ3n) is 3.57. The Morgan fingerprint density at radius 2 is 1.78 bits per heavy atom. The van der Waals surface area contributed by atoms with E-state index in [1.165, 1.54) is 7.11 Å². The van der Waals surface area contributed by atoms with Crippen LogP contribution in [0.5, 0.6) is 0 Å². The normalized spacial score (nSPS) is 15.2. The second-order valence-corrected chi connectivity index (χ2v) is 4.99. The van der Waals surface area contributed by atoms with Gasteiger partial charge in [0.1, 0.15) is 17.1 Å². The molecule has 0 bridgehead atoms. The summed E-state index contributed by atoms with van der Waals surface area (Å²) in [5.41, 5.74) is -0.967. The van der Waals surface area contributed by atoms with E-state index in [0.29, 0.717) is 17.9 Å². The molecule has 4 heteroatoms. The highest BCUT2D eigenvalue weighted by Gasteiger charge is 2.43. The molecule has 1 N–H and O–H groups in total. The van der Waals surface area contributed by atoms with Crippen LogP contribution in [-0.2, 0) is 9.47 Å². The van der Waals surface area contributed by atoms with Gasteiger partial charge in [-0.25, -0.2) is 0 Å². The topological polar surface area (TPSA) is 51.0 Å². The molecular weight excluding hydrogens is 230 g/mol. The zero-order valence-corrected chi connectivity index (χ0v) is 12.1. The maximum absolute atomic E-state index is 9.18. The van der Waals surface area contributed by atoms with Crippen molar-refractivity contribution in [1.29, 1.82) is 0 Å². The van der Waals surface area contributed by atoms with Crippen LogP contribution < -0.4 is 0 Å². The second-order valence-electron chi connectivity index (χ2n) is 4.99. The number of hydrogen-bond acceptors (Lipinski definition) is 4. The summed E-state index contributed by atoms with van der Waals surface area (Å²) in [6.45, 7) is 13.6. The molecule has 0 aromatic heterocycles. The van der Waals surface area contributed by atoms with Gasteiger partial charge in [-0.1, -0.05) is 27.0 Å². The Morgan fingerprint density at radius 3 is 2.17 bits per heavy atom. The zero-order valence-electron chi connectivity index (χ0n) is 12.1. The Hall–Kier alpha value is -1.29. The van der Waals surface area contributed by atoms with E-state index in [9.17, 15) is 5.11 Å². The summed E-state index contributed by atoms with van der Waals surface area (Å²) in [5, 5.41) is 9.18. The highest BCUT2D eigenvalue weighted by Crippen LogP contribution is 2.42. The highest BCUT2D eigenvalue weighted by atomic mass is 16.5. The molecule has 0 heterocycles. The molecule has 0 saturated heterocycles. The van der Waals surface area contributed by atoms with Gasteiger partial charge in [0.05, 0.1) is 20.4 Å². The average molecular weight is 255 g/mol. The first-order valence-electron chi connectivity index (χ1n) is 5.87. The molecule has 0 fully saturated rings. The molecule has 1 unspecified atom stereocenters. The smallest absolute Gasteiger partial charge is 0.129 e. The molecule has 0 saturated carbocycles. The van der Waals surface area contributed by atoms with Crippen molar-refractivity contribution in [1.82, 2.24) is 0 Å². The van der Waals surface area contributed by atoms with E-state index in [-0.39, 0.29) is 12.0 Å². The van der Waals surface area contributed by atoms with Crippen LogP contribution in [0.15, 0.2) is 29.7 Å². The van der Waals surface area contributed by atoms with E-state index in [1.54, 1.807) is 13.3 Å². The van der Waals surface area contributed by atoms with Gasteiger partial charge in [-0.05, 0) is 18.8 Å². The van der Waals surface area contributed by atoms with Crippen molar-refractivity contribution in [2.45, 2.75) is 32.7 Å². The SMILES string of the molecule is C=C(C=NC(C)(C(=C)OC)C(C)(C)CCO)OC. The maximum Gasteiger partial charge on any atom is 0.129 e. The molecule has 0 spiro atoms. The molecular formula is C14H25NO3. The summed E-state index contributed by atoms with van der Waals surface area (Å²) < 4.78 is 10.2. The second kappa shape index (κ2) is 6.59. The molecule has 0 amide bonds. The van der Waals surface area contributed by atoms with Gasteiger partial charge in [0, 0.05) is 6.61 Å². The zero-order chi connectivity index (χ0) is 14.4. The van der Waals surface area contributed by atoms with Crippen molar-refractivity contribution < 1.29 is 14.6 Å². The fraction of sp³-hybridized carbons (Fsp3) is 0.643. The predicted octanol–water partition coefficient (Wildman–Crippen LogP) is 2.54. The van der Waals surface area contributed by atoms with Gasteiger partial charge in [0.25, 0.3) is 0 Å². The van der Waals surface area contributed by atoms with E-state index >= 15 is 0 Å². The lowest BCUT2D eigenvalue weighted by Crippen LogP contribution is -2.43. The van der Waals surface area contributed by atoms with E-state index in [1.807, 2.05) is 20.8 Å². The Kier molecular flexibility index (Phi) is 6.12. The number of aliphatic hydroxyl groups is 1. The van der Waals surface area contributed by atoms with E-state index in [0.717, 1.165) is 0 Å². The standard InChI is InChI=1S/C14H25NO3/c1-11(17-6)10-15-14(5,12(2)18-7)13(3,4)8-9-16/h10,16H,1-2,8-9H2,3-7H3. The Bertz CT molecular complexity index is 334. The lowest BCUT2D eigenvalue weighted by Gasteiger charge is -2.41. The summed E-state index contributed by atoms with van der Waals surface area (Å²) in [7, 11) is 3.10. The van der Waals surface area contributed by atoms with Crippen molar-refractivity contribution >= 4 is 6.21 Å². The average Bonchev–Trinajstić information content (AvgIpc) is 2.33. The third kappa shape index (κ3) is 3.60. The molecule has 4 nitrogen and oxygen atoms in total. The first-order chi connectivity index (χ1) is 8.25. The largest absolute Gasteiger partial charge is 0.499 e. The molecule has 0 aromatic rings. The first kappa shape index (κ1) is 16.7. The minimum Gasteiger partial charge on any atom is -0.499 e. The summed E-state index contributed by atoms with van der Waals surface area (Å²) in [4.78, 5) is 4.50. The van der Waals surface area contributed by atoms with Crippen molar-refractivity contribution in [3.8, 4) is 0 Å². The van der Waals surface area contributed by atoms with E-state index in [4.69, 9.17) is 9.47 Å². The van der Waals surface area contributed by atoms with Gasteiger partial charge >= 0.3 is 0 Å². The van der Waals surface area contributed by atoms with Gasteiger partial charge in [-0.15, -0.1) is 0 Å². The predicted molar refractivity (Wildman–Crippen MR) is 74.7 cm³/mol. The lowest BCUT2D eigenvalue weighted by atomic mass is 9.70. The molecule has 0 aliphatic heterocycles. The first-order valence-corrected chi connectivity index (χ1v) is 5.87. The number of ether oxygens (including phenoxy) is 2. The fourth-order valence-corrected chi connectivity index (χ4v) is 1.60. The Morgan fingerprint density at radius 1 is 1.22 bits per heavy atom. The number of rotatable bonds is 8. The minimum atomic E-state index is -0.661. The van der Waals surface area contributed by atoms with Crippen molar-refractivity contribution in [2.24, 2.45) is 10.4 Å². The monoisotopic (exact) mass is 255 g/mol. The molecule has 0 aromatic carbocycles. The number of hydrogen-bond donors (Lipinski definition) is 1. The Labute approximate surface area is 110 Å². The summed E-state index contributed by atoms with van der Waals surface area (Å²) in [6, 6.07) is 0. The molecule has 104 valence electrons. The molecule has 0 rings (SSSR count). The van der Waals surface area contributed by atoms with Crippen LogP contribution >= 0.6 is 0 Å². The van der Waals surface area contributed by atoms with Gasteiger partial charge < -0.3 is 14.6 Å². The van der Waals surface area contributed by atoms with Crippen LogP contribution in [0, 0.1) is 5.41 Å². The van der Waals surface area contributed by atoms with Gasteiger partial charge in [0.15, 0.2) is 0 Å². The molecule has 18 heavy (non-hydrogen) atoms. The summed E-state index contributed by atoms with van der Waals surface area (Å²) >= 11 is 0. The quantitative estimate of drug-likeness (QED) is 0.535. The van der Waals surface area contributed by atoms with Gasteiger partial charge in [0.2, 0.25) is 0 Å². The maximum atomic E-state index is 9.18. The number of nitrogens with zero attached hydrogens (tertiary/aromatic N) is 1. The number of allylic oxidation sites excluding steroid dienone is 1. The third-order valence-corrected chi connectivity index (χ3v) is 3.57. The fourth-order valence-electron chi connectivity index (χ4n) is 1.60. The van der Waals surface area contributed by atoms with Crippen LogP contribution in [0.3, 0.4) is 0 Å². The summed E-state index contributed by atoms with van der Waals surface area (Å²) in [6.07, 6.45) is 2.14. The number of methoxy groups -OCH3 is 2. The highest BCUT2D eigenvalue weighted by molar-refractivity contribution is 5.75. The van der Waals surface area contributed by atoms with Crippen molar-refractivity contribution in [3.63, 3.8) is 0 Å². The van der Waals surface area contributed by atoms with Crippen molar-refractivity contribution in [3.05, 3.63) is 24.7 Å². The van der Waals surface area contributed by atoms with Crippen LogP contribution in [0.2, 0.25) is 0 Å². The van der Waals surface area contributed by atoms with Crippen LogP contribution in [0.4, 0.5) is 0 Å².